The summed E-state index contributed by atoms with van der Waals surface area (Å²) in [6, 6.07) is 5.56. The van der Waals surface area contributed by atoms with Crippen LogP contribution < -0.4 is 0 Å². The maximum Gasteiger partial charge on any atom is 0.0790 e. The number of aliphatic hydroxyl groups is 1. The first-order chi connectivity index (χ1) is 5.65. The SMILES string of the molecule is CC[C@@H](O)c1ccc(Cl)cc1C. The van der Waals surface area contributed by atoms with Gasteiger partial charge in [0.1, 0.15) is 0 Å². The van der Waals surface area contributed by atoms with Gasteiger partial charge in [0.05, 0.1) is 6.10 Å². The van der Waals surface area contributed by atoms with Crippen LogP contribution in [0.1, 0.15) is 30.6 Å². The zero-order chi connectivity index (χ0) is 9.14. The van der Waals surface area contributed by atoms with Gasteiger partial charge >= 0.3 is 0 Å². The van der Waals surface area contributed by atoms with E-state index >= 15 is 0 Å². The highest BCUT2D eigenvalue weighted by molar-refractivity contribution is 6.30. The van der Waals surface area contributed by atoms with E-state index in [0.29, 0.717) is 0 Å². The summed E-state index contributed by atoms with van der Waals surface area (Å²) in [7, 11) is 0. The number of hydrogen-bond acceptors (Lipinski definition) is 1. The van der Waals surface area contributed by atoms with Gasteiger partial charge in [0.25, 0.3) is 0 Å². The fraction of sp³-hybridized carbons (Fsp3) is 0.400. The minimum Gasteiger partial charge on any atom is -0.388 e. The Morgan fingerprint density at radius 1 is 1.50 bits per heavy atom. The van der Waals surface area contributed by atoms with Gasteiger partial charge in [-0.05, 0) is 36.6 Å². The van der Waals surface area contributed by atoms with E-state index in [-0.39, 0.29) is 6.10 Å². The molecule has 0 spiro atoms. The summed E-state index contributed by atoms with van der Waals surface area (Å²) in [5.74, 6) is 0. The van der Waals surface area contributed by atoms with Gasteiger partial charge in [-0.25, -0.2) is 0 Å². The fourth-order valence-electron chi connectivity index (χ4n) is 1.23. The Hall–Kier alpha value is -0.530. The Morgan fingerprint density at radius 2 is 2.17 bits per heavy atom. The molecular formula is C10H13ClO. The van der Waals surface area contributed by atoms with Gasteiger partial charge in [-0.1, -0.05) is 24.6 Å². The zero-order valence-electron chi connectivity index (χ0n) is 7.34. The average Bonchev–Trinajstić information content (AvgIpc) is 2.03. The van der Waals surface area contributed by atoms with Crippen molar-refractivity contribution < 1.29 is 5.11 Å². The molecule has 0 bridgehead atoms. The maximum atomic E-state index is 9.56. The van der Waals surface area contributed by atoms with Gasteiger partial charge in [-0.3, -0.25) is 0 Å². The van der Waals surface area contributed by atoms with E-state index in [1.807, 2.05) is 32.0 Å². The van der Waals surface area contributed by atoms with Gasteiger partial charge in [-0.15, -0.1) is 0 Å². The smallest absolute Gasteiger partial charge is 0.0790 e. The van der Waals surface area contributed by atoms with E-state index in [9.17, 15) is 5.11 Å². The number of halogens is 1. The molecule has 0 aliphatic heterocycles. The maximum absolute atomic E-state index is 9.56. The average molecular weight is 185 g/mol. The first-order valence-electron chi connectivity index (χ1n) is 4.09. The van der Waals surface area contributed by atoms with E-state index in [0.717, 1.165) is 22.6 Å². The quantitative estimate of drug-likeness (QED) is 0.749. The lowest BCUT2D eigenvalue weighted by molar-refractivity contribution is 0.173. The topological polar surface area (TPSA) is 20.2 Å². The van der Waals surface area contributed by atoms with Crippen molar-refractivity contribution in [3.63, 3.8) is 0 Å². The molecule has 0 unspecified atom stereocenters. The molecule has 1 atom stereocenters. The third kappa shape index (κ3) is 1.99. The second kappa shape index (κ2) is 3.92. The standard InChI is InChI=1S/C10H13ClO/c1-3-10(12)9-5-4-8(11)6-7(9)2/h4-6,10,12H,3H2,1-2H3/t10-/m1/s1. The second-order valence-electron chi connectivity index (χ2n) is 2.92. The van der Waals surface area contributed by atoms with Crippen LogP contribution in [0.4, 0.5) is 0 Å². The van der Waals surface area contributed by atoms with Crippen molar-refractivity contribution in [3.8, 4) is 0 Å². The third-order valence-corrected chi connectivity index (χ3v) is 2.21. The van der Waals surface area contributed by atoms with E-state index in [1.165, 1.54) is 0 Å². The summed E-state index contributed by atoms with van der Waals surface area (Å²) < 4.78 is 0. The summed E-state index contributed by atoms with van der Waals surface area (Å²) in [6.45, 7) is 3.92. The van der Waals surface area contributed by atoms with Gasteiger partial charge in [0.2, 0.25) is 0 Å². The molecule has 0 heterocycles. The van der Waals surface area contributed by atoms with E-state index in [2.05, 4.69) is 0 Å². The molecule has 0 fully saturated rings. The number of aryl methyl sites for hydroxylation is 1. The number of hydrogen-bond donors (Lipinski definition) is 1. The lowest BCUT2D eigenvalue weighted by atomic mass is 10.0. The molecule has 0 saturated heterocycles. The van der Waals surface area contributed by atoms with Crippen molar-refractivity contribution in [1.82, 2.24) is 0 Å². The molecule has 0 amide bonds. The highest BCUT2D eigenvalue weighted by Crippen LogP contribution is 2.22. The summed E-state index contributed by atoms with van der Waals surface area (Å²) >= 11 is 5.78. The van der Waals surface area contributed by atoms with Gasteiger partial charge < -0.3 is 5.11 Å². The fourth-order valence-corrected chi connectivity index (χ4v) is 1.46. The van der Waals surface area contributed by atoms with Crippen LogP contribution in [-0.2, 0) is 0 Å². The molecule has 1 N–H and O–H groups in total. The summed E-state index contributed by atoms with van der Waals surface area (Å²) in [4.78, 5) is 0. The van der Waals surface area contributed by atoms with Crippen molar-refractivity contribution in [2.45, 2.75) is 26.4 Å². The highest BCUT2D eigenvalue weighted by atomic mass is 35.5. The Kier molecular flexibility index (Phi) is 3.12. The van der Waals surface area contributed by atoms with E-state index in [1.54, 1.807) is 0 Å². The largest absolute Gasteiger partial charge is 0.388 e. The molecule has 0 aliphatic carbocycles. The first-order valence-corrected chi connectivity index (χ1v) is 4.47. The van der Waals surface area contributed by atoms with Gasteiger partial charge in [-0.2, -0.15) is 0 Å². The summed E-state index contributed by atoms with van der Waals surface area (Å²) in [5, 5.41) is 10.3. The summed E-state index contributed by atoms with van der Waals surface area (Å²) in [5.41, 5.74) is 2.03. The number of rotatable bonds is 2. The number of benzene rings is 1. The van der Waals surface area contributed by atoms with Crippen LogP contribution in [0.25, 0.3) is 0 Å². The lowest BCUT2D eigenvalue weighted by Crippen LogP contribution is -1.97. The van der Waals surface area contributed by atoms with Crippen molar-refractivity contribution >= 4 is 11.6 Å². The molecule has 1 rings (SSSR count). The first kappa shape index (κ1) is 9.56. The van der Waals surface area contributed by atoms with Crippen LogP contribution in [0.5, 0.6) is 0 Å². The third-order valence-electron chi connectivity index (χ3n) is 1.98. The van der Waals surface area contributed by atoms with Crippen molar-refractivity contribution in [2.75, 3.05) is 0 Å². The van der Waals surface area contributed by atoms with Crippen LogP contribution in [0, 0.1) is 6.92 Å². The molecule has 0 saturated carbocycles. The van der Waals surface area contributed by atoms with Crippen LogP contribution in [-0.4, -0.2) is 5.11 Å². The molecule has 12 heavy (non-hydrogen) atoms. The van der Waals surface area contributed by atoms with Crippen molar-refractivity contribution in [1.29, 1.82) is 0 Å². The number of aliphatic hydroxyl groups excluding tert-OH is 1. The molecule has 1 aromatic carbocycles. The Balaban J connectivity index is 3.01. The van der Waals surface area contributed by atoms with Crippen LogP contribution in [0.15, 0.2) is 18.2 Å². The normalized spacial score (nSPS) is 13.0. The van der Waals surface area contributed by atoms with Gasteiger partial charge in [0, 0.05) is 5.02 Å². The highest BCUT2D eigenvalue weighted by Gasteiger charge is 2.07. The van der Waals surface area contributed by atoms with Crippen LogP contribution in [0.3, 0.4) is 0 Å². The van der Waals surface area contributed by atoms with Crippen LogP contribution in [0.2, 0.25) is 5.02 Å². The Labute approximate surface area is 78.0 Å². The van der Waals surface area contributed by atoms with Crippen molar-refractivity contribution in [2.24, 2.45) is 0 Å². The molecular weight excluding hydrogens is 172 g/mol. The zero-order valence-corrected chi connectivity index (χ0v) is 8.10. The van der Waals surface area contributed by atoms with E-state index < -0.39 is 0 Å². The lowest BCUT2D eigenvalue weighted by Gasteiger charge is -2.11. The van der Waals surface area contributed by atoms with Crippen LogP contribution >= 0.6 is 11.6 Å². The predicted octanol–water partition coefficient (Wildman–Crippen LogP) is 3.09. The predicted molar refractivity (Wildman–Crippen MR) is 51.4 cm³/mol. The molecule has 0 aromatic heterocycles. The second-order valence-corrected chi connectivity index (χ2v) is 3.36. The van der Waals surface area contributed by atoms with E-state index in [4.69, 9.17) is 11.6 Å². The molecule has 1 aromatic rings. The summed E-state index contributed by atoms with van der Waals surface area (Å²) in [6.07, 6.45) is 0.380. The molecule has 0 aliphatic rings. The molecule has 1 nitrogen and oxygen atoms in total. The minimum absolute atomic E-state index is 0.359. The Morgan fingerprint density at radius 3 is 2.67 bits per heavy atom. The van der Waals surface area contributed by atoms with Gasteiger partial charge in [0.15, 0.2) is 0 Å². The molecule has 2 heteroatoms. The molecule has 0 radical (unpaired) electrons. The van der Waals surface area contributed by atoms with Crippen molar-refractivity contribution in [3.05, 3.63) is 34.3 Å². The Bertz CT molecular complexity index is 271. The molecule has 66 valence electrons. The monoisotopic (exact) mass is 184 g/mol. The minimum atomic E-state index is -0.359.